The first-order valence-electron chi connectivity index (χ1n) is 10.7. The fraction of sp³-hybridized carbons (Fsp3) is 0.440. The van der Waals surface area contributed by atoms with E-state index in [1.54, 1.807) is 0 Å². The topological polar surface area (TPSA) is 56.1 Å². The molecule has 1 N–H and O–H groups in total. The van der Waals surface area contributed by atoms with Crippen LogP contribution < -0.4 is 10.1 Å². The summed E-state index contributed by atoms with van der Waals surface area (Å²) in [5.74, 6) is 2.01. The number of benzene rings is 2. The minimum atomic E-state index is -0.384. The highest BCUT2D eigenvalue weighted by molar-refractivity contribution is 5.81. The van der Waals surface area contributed by atoms with Crippen LogP contribution >= 0.6 is 0 Å². The molecule has 3 aromatic rings. The summed E-state index contributed by atoms with van der Waals surface area (Å²) in [5, 5.41) is 3.03. The van der Waals surface area contributed by atoms with E-state index in [1.807, 2.05) is 39.0 Å². The van der Waals surface area contributed by atoms with E-state index in [1.165, 1.54) is 5.56 Å². The monoisotopic (exact) mass is 407 g/mol. The molecule has 5 nitrogen and oxygen atoms in total. The number of nitrogens with zero attached hydrogens (tertiary/aromatic N) is 2. The fourth-order valence-corrected chi connectivity index (χ4v) is 3.39. The lowest BCUT2D eigenvalue weighted by Gasteiger charge is -2.17. The highest BCUT2D eigenvalue weighted by atomic mass is 16.5. The van der Waals surface area contributed by atoms with E-state index in [-0.39, 0.29) is 11.3 Å². The molecule has 1 amide bonds. The molecule has 30 heavy (non-hydrogen) atoms. The molecule has 0 fully saturated rings. The van der Waals surface area contributed by atoms with E-state index < -0.39 is 0 Å². The molecule has 0 bridgehead atoms. The average Bonchev–Trinajstić information content (AvgIpc) is 3.04. The minimum absolute atomic E-state index is 0.0621. The van der Waals surface area contributed by atoms with Crippen molar-refractivity contribution >= 4 is 16.9 Å². The number of hydrogen-bond donors (Lipinski definition) is 1. The van der Waals surface area contributed by atoms with Gasteiger partial charge in [0, 0.05) is 24.9 Å². The van der Waals surface area contributed by atoms with Crippen LogP contribution in [0.2, 0.25) is 0 Å². The summed E-state index contributed by atoms with van der Waals surface area (Å²) in [6.45, 7) is 12.0. The van der Waals surface area contributed by atoms with Crippen LogP contribution in [0.4, 0.5) is 0 Å². The van der Waals surface area contributed by atoms with Crippen molar-refractivity contribution in [2.75, 3.05) is 13.2 Å². The van der Waals surface area contributed by atoms with Gasteiger partial charge in [-0.3, -0.25) is 4.79 Å². The van der Waals surface area contributed by atoms with Crippen LogP contribution in [0.3, 0.4) is 0 Å². The van der Waals surface area contributed by atoms with Gasteiger partial charge in [-0.15, -0.1) is 0 Å². The van der Waals surface area contributed by atoms with Gasteiger partial charge in [-0.1, -0.05) is 45.0 Å². The third-order valence-electron chi connectivity index (χ3n) is 5.18. The van der Waals surface area contributed by atoms with Gasteiger partial charge in [0.25, 0.3) is 0 Å². The number of aryl methyl sites for hydroxylation is 3. The Morgan fingerprint density at radius 2 is 1.90 bits per heavy atom. The molecule has 0 aliphatic rings. The zero-order valence-corrected chi connectivity index (χ0v) is 18.8. The first-order valence-corrected chi connectivity index (χ1v) is 10.7. The summed E-state index contributed by atoms with van der Waals surface area (Å²) in [5.41, 5.74) is 4.09. The molecule has 2 aromatic carbocycles. The van der Waals surface area contributed by atoms with Crippen LogP contribution in [0.25, 0.3) is 11.0 Å². The Labute approximate surface area is 179 Å². The molecule has 0 atom stereocenters. The third-order valence-corrected chi connectivity index (χ3v) is 5.18. The van der Waals surface area contributed by atoms with Gasteiger partial charge < -0.3 is 14.6 Å². The van der Waals surface area contributed by atoms with Crippen molar-refractivity contribution in [1.82, 2.24) is 14.9 Å². The van der Waals surface area contributed by atoms with Crippen molar-refractivity contribution in [3.63, 3.8) is 0 Å². The number of nitrogens with one attached hydrogen (secondary N) is 1. The van der Waals surface area contributed by atoms with Gasteiger partial charge in [0.15, 0.2) is 0 Å². The maximum absolute atomic E-state index is 12.2. The van der Waals surface area contributed by atoms with Crippen molar-refractivity contribution in [1.29, 1.82) is 0 Å². The van der Waals surface area contributed by atoms with Gasteiger partial charge in [-0.2, -0.15) is 0 Å². The molecule has 0 aliphatic carbocycles. The van der Waals surface area contributed by atoms with Crippen molar-refractivity contribution < 1.29 is 9.53 Å². The lowest BCUT2D eigenvalue weighted by atomic mass is 9.96. The number of para-hydroxylation sites is 2. The Morgan fingerprint density at radius 3 is 2.67 bits per heavy atom. The number of hydrogen-bond acceptors (Lipinski definition) is 3. The van der Waals surface area contributed by atoms with Crippen LogP contribution in [0.15, 0.2) is 42.5 Å². The van der Waals surface area contributed by atoms with Crippen molar-refractivity contribution in [2.24, 2.45) is 5.41 Å². The van der Waals surface area contributed by atoms with Gasteiger partial charge >= 0.3 is 0 Å². The zero-order valence-electron chi connectivity index (χ0n) is 18.8. The van der Waals surface area contributed by atoms with Crippen LogP contribution in [0, 0.1) is 19.3 Å². The van der Waals surface area contributed by atoms with Gasteiger partial charge in [0.1, 0.15) is 11.6 Å². The number of carbonyl (C=O) groups is 1. The van der Waals surface area contributed by atoms with Crippen LogP contribution in [-0.4, -0.2) is 28.6 Å². The molecule has 0 spiro atoms. The Kier molecular flexibility index (Phi) is 6.80. The third kappa shape index (κ3) is 5.41. The number of aromatic nitrogens is 2. The number of amides is 1. The van der Waals surface area contributed by atoms with E-state index in [0.717, 1.165) is 41.1 Å². The second kappa shape index (κ2) is 9.33. The van der Waals surface area contributed by atoms with Crippen molar-refractivity contribution in [3.8, 4) is 5.75 Å². The number of fused-ring (bicyclic) bond motifs is 1. The standard InChI is InChI=1S/C25H33N3O2/c1-18-11-12-19(2)22(17-18)30-16-8-15-28-21-10-7-6-9-20(21)27-23(28)13-14-26-24(29)25(3,4)5/h6-7,9-12,17H,8,13-16H2,1-5H3,(H,26,29). The normalized spacial score (nSPS) is 11.6. The van der Waals surface area contributed by atoms with Crippen molar-refractivity contribution in [2.45, 2.75) is 54.0 Å². The quantitative estimate of drug-likeness (QED) is 0.544. The molecular weight excluding hydrogens is 374 g/mol. The predicted octanol–water partition coefficient (Wildman–Crippen LogP) is 4.83. The van der Waals surface area contributed by atoms with E-state index in [0.29, 0.717) is 19.6 Å². The summed E-state index contributed by atoms with van der Waals surface area (Å²) in [4.78, 5) is 17.0. The van der Waals surface area contributed by atoms with Gasteiger partial charge in [-0.05, 0) is 49.6 Å². The molecule has 0 saturated carbocycles. The first-order chi connectivity index (χ1) is 14.3. The second-order valence-electron chi connectivity index (χ2n) is 8.90. The zero-order chi connectivity index (χ0) is 21.7. The molecule has 5 heteroatoms. The number of carbonyl (C=O) groups excluding carboxylic acids is 1. The van der Waals surface area contributed by atoms with Crippen LogP contribution in [0.1, 0.15) is 44.1 Å². The Hall–Kier alpha value is -2.82. The van der Waals surface area contributed by atoms with Crippen LogP contribution in [-0.2, 0) is 17.8 Å². The molecule has 1 heterocycles. The second-order valence-corrected chi connectivity index (χ2v) is 8.90. The molecule has 0 saturated heterocycles. The lowest BCUT2D eigenvalue weighted by Crippen LogP contribution is -2.36. The molecule has 3 rings (SSSR count). The maximum atomic E-state index is 12.2. The van der Waals surface area contributed by atoms with E-state index in [4.69, 9.17) is 9.72 Å². The lowest BCUT2D eigenvalue weighted by molar-refractivity contribution is -0.128. The highest BCUT2D eigenvalue weighted by Gasteiger charge is 2.20. The van der Waals surface area contributed by atoms with E-state index >= 15 is 0 Å². The average molecular weight is 408 g/mol. The number of rotatable bonds is 8. The molecule has 1 aromatic heterocycles. The molecule has 0 aliphatic heterocycles. The smallest absolute Gasteiger partial charge is 0.225 e. The van der Waals surface area contributed by atoms with Crippen LogP contribution in [0.5, 0.6) is 5.75 Å². The molecule has 160 valence electrons. The minimum Gasteiger partial charge on any atom is -0.493 e. The van der Waals surface area contributed by atoms with Gasteiger partial charge in [0.05, 0.1) is 17.6 Å². The summed E-state index contributed by atoms with van der Waals surface area (Å²) in [6, 6.07) is 14.5. The SMILES string of the molecule is Cc1ccc(C)c(OCCCn2c(CCNC(=O)C(C)(C)C)nc3ccccc32)c1. The summed E-state index contributed by atoms with van der Waals surface area (Å²) >= 11 is 0. The largest absolute Gasteiger partial charge is 0.493 e. The van der Waals surface area contributed by atoms with Gasteiger partial charge in [0.2, 0.25) is 5.91 Å². The summed E-state index contributed by atoms with van der Waals surface area (Å²) in [7, 11) is 0. The Balaban J connectivity index is 1.64. The van der Waals surface area contributed by atoms with E-state index in [9.17, 15) is 4.79 Å². The Morgan fingerprint density at radius 1 is 1.13 bits per heavy atom. The highest BCUT2D eigenvalue weighted by Crippen LogP contribution is 2.20. The first kappa shape index (κ1) is 21.9. The number of ether oxygens (including phenoxy) is 1. The molecular formula is C25H33N3O2. The number of imidazole rings is 1. The van der Waals surface area contributed by atoms with Crippen molar-refractivity contribution in [3.05, 3.63) is 59.4 Å². The maximum Gasteiger partial charge on any atom is 0.225 e. The fourth-order valence-electron chi connectivity index (χ4n) is 3.39. The summed E-state index contributed by atoms with van der Waals surface area (Å²) in [6.07, 6.45) is 1.59. The van der Waals surface area contributed by atoms with Gasteiger partial charge in [-0.25, -0.2) is 4.98 Å². The predicted molar refractivity (Wildman–Crippen MR) is 122 cm³/mol. The summed E-state index contributed by atoms with van der Waals surface area (Å²) < 4.78 is 8.28. The molecule has 0 radical (unpaired) electrons. The van der Waals surface area contributed by atoms with E-state index in [2.05, 4.69) is 48.0 Å². The molecule has 0 unspecified atom stereocenters. The Bertz CT molecular complexity index is 1010.